The zero-order valence-corrected chi connectivity index (χ0v) is 18.5. The number of hydrogen-bond acceptors (Lipinski definition) is 5. The molecule has 1 aromatic carbocycles. The van der Waals surface area contributed by atoms with Crippen molar-refractivity contribution in [3.63, 3.8) is 0 Å². The zero-order valence-electron chi connectivity index (χ0n) is 18.5. The highest BCUT2D eigenvalue weighted by atomic mass is 16.5. The SMILES string of the molecule is CCC(C)C1(C(=O)O)NC(c2ccccc2OC)C2C(=O)N(C3CCCCC3)C(=O)C21. The standard InChI is InChI=1S/C24H32N2O5/c1-4-14(2)24(23(29)30)19-18(20(25-24)16-12-8-9-13-17(16)31-3)21(27)26(22(19)28)15-10-6-5-7-11-15/h8-9,12-15,18-20,25H,4-7,10-11H2,1-3H3,(H,29,30). The molecule has 5 atom stereocenters. The fraction of sp³-hybridized carbons (Fsp3) is 0.625. The Balaban J connectivity index is 1.85. The molecule has 1 aliphatic carbocycles. The summed E-state index contributed by atoms with van der Waals surface area (Å²) in [6.45, 7) is 3.77. The summed E-state index contributed by atoms with van der Waals surface area (Å²) >= 11 is 0. The van der Waals surface area contributed by atoms with Crippen molar-refractivity contribution in [1.82, 2.24) is 10.2 Å². The molecule has 7 heteroatoms. The molecule has 3 aliphatic rings. The third-order valence-corrected chi connectivity index (χ3v) is 7.79. The van der Waals surface area contributed by atoms with Gasteiger partial charge in [0.15, 0.2) is 0 Å². The zero-order chi connectivity index (χ0) is 22.3. The fourth-order valence-electron chi connectivity index (χ4n) is 6.04. The number of carboxylic acid groups (broad SMARTS) is 1. The minimum absolute atomic E-state index is 0.124. The van der Waals surface area contributed by atoms with E-state index in [0.29, 0.717) is 12.2 Å². The number of nitrogens with one attached hydrogen (secondary N) is 1. The Morgan fingerprint density at radius 2 is 1.90 bits per heavy atom. The number of benzene rings is 1. The van der Waals surface area contributed by atoms with Gasteiger partial charge in [0.25, 0.3) is 0 Å². The van der Waals surface area contributed by atoms with Crippen molar-refractivity contribution in [3.05, 3.63) is 29.8 Å². The highest BCUT2D eigenvalue weighted by molar-refractivity contribution is 6.09. The molecule has 31 heavy (non-hydrogen) atoms. The van der Waals surface area contributed by atoms with Crippen LogP contribution in [0.5, 0.6) is 5.75 Å². The Morgan fingerprint density at radius 1 is 1.23 bits per heavy atom. The number of nitrogens with zero attached hydrogens (tertiary/aromatic N) is 1. The molecule has 0 spiro atoms. The minimum atomic E-state index is -1.50. The molecule has 2 heterocycles. The van der Waals surface area contributed by atoms with Gasteiger partial charge in [0.05, 0.1) is 18.9 Å². The Labute approximate surface area is 183 Å². The number of carboxylic acids is 1. The lowest BCUT2D eigenvalue weighted by atomic mass is 9.72. The molecule has 2 amide bonds. The maximum Gasteiger partial charge on any atom is 0.325 e. The Morgan fingerprint density at radius 3 is 2.52 bits per heavy atom. The number of fused-ring (bicyclic) bond motifs is 1. The summed E-state index contributed by atoms with van der Waals surface area (Å²) in [6.07, 6.45) is 5.25. The average Bonchev–Trinajstić information content (AvgIpc) is 3.28. The van der Waals surface area contributed by atoms with E-state index < -0.39 is 29.4 Å². The predicted octanol–water partition coefficient (Wildman–Crippen LogP) is 3.14. The maximum absolute atomic E-state index is 13.7. The molecule has 4 rings (SSSR count). The predicted molar refractivity (Wildman–Crippen MR) is 114 cm³/mol. The topological polar surface area (TPSA) is 95.9 Å². The summed E-state index contributed by atoms with van der Waals surface area (Å²) in [5.41, 5.74) is -0.778. The largest absolute Gasteiger partial charge is 0.496 e. The summed E-state index contributed by atoms with van der Waals surface area (Å²) < 4.78 is 5.53. The van der Waals surface area contributed by atoms with Gasteiger partial charge in [0.2, 0.25) is 11.8 Å². The van der Waals surface area contributed by atoms with Gasteiger partial charge >= 0.3 is 5.97 Å². The summed E-state index contributed by atoms with van der Waals surface area (Å²) in [5.74, 6) is -3.06. The molecular formula is C24H32N2O5. The first-order valence-electron chi connectivity index (χ1n) is 11.4. The van der Waals surface area contributed by atoms with Crippen molar-refractivity contribution < 1.29 is 24.2 Å². The molecule has 0 bridgehead atoms. The van der Waals surface area contributed by atoms with E-state index in [1.165, 1.54) is 4.90 Å². The van der Waals surface area contributed by atoms with Crippen LogP contribution in [0.25, 0.3) is 0 Å². The number of ether oxygens (including phenoxy) is 1. The lowest BCUT2D eigenvalue weighted by Crippen LogP contribution is -2.60. The third-order valence-electron chi connectivity index (χ3n) is 7.79. The van der Waals surface area contributed by atoms with E-state index in [1.807, 2.05) is 32.0 Å². The number of para-hydroxylation sites is 1. The van der Waals surface area contributed by atoms with Crippen LogP contribution in [0.3, 0.4) is 0 Å². The smallest absolute Gasteiger partial charge is 0.325 e. The van der Waals surface area contributed by atoms with Crippen LogP contribution in [0.2, 0.25) is 0 Å². The van der Waals surface area contributed by atoms with Crippen LogP contribution in [-0.4, -0.2) is 46.5 Å². The van der Waals surface area contributed by atoms with E-state index in [-0.39, 0.29) is 23.8 Å². The molecule has 5 unspecified atom stereocenters. The first kappa shape index (κ1) is 21.8. The first-order chi connectivity index (χ1) is 14.9. The number of carbonyl (C=O) groups excluding carboxylic acids is 2. The summed E-state index contributed by atoms with van der Waals surface area (Å²) in [4.78, 5) is 41.7. The van der Waals surface area contributed by atoms with Crippen LogP contribution in [0.15, 0.2) is 24.3 Å². The molecular weight excluding hydrogens is 396 g/mol. The molecule has 0 aromatic heterocycles. The van der Waals surface area contributed by atoms with Gasteiger partial charge in [0.1, 0.15) is 11.3 Å². The molecule has 2 saturated heterocycles. The monoisotopic (exact) mass is 428 g/mol. The Hall–Kier alpha value is -2.41. The van der Waals surface area contributed by atoms with Gasteiger partial charge in [-0.25, -0.2) is 0 Å². The van der Waals surface area contributed by atoms with E-state index in [4.69, 9.17) is 4.74 Å². The second-order valence-electron chi connectivity index (χ2n) is 9.19. The van der Waals surface area contributed by atoms with Crippen molar-refractivity contribution in [2.45, 2.75) is 70.0 Å². The van der Waals surface area contributed by atoms with E-state index in [1.54, 1.807) is 13.2 Å². The van der Waals surface area contributed by atoms with Gasteiger partial charge in [0, 0.05) is 17.6 Å². The van der Waals surface area contributed by atoms with Gasteiger partial charge in [-0.15, -0.1) is 0 Å². The number of likely N-dealkylation sites (tertiary alicyclic amines) is 1. The van der Waals surface area contributed by atoms with Gasteiger partial charge in [-0.1, -0.05) is 57.7 Å². The molecule has 1 aromatic rings. The van der Waals surface area contributed by atoms with Crippen molar-refractivity contribution in [1.29, 1.82) is 0 Å². The molecule has 168 valence electrons. The highest BCUT2D eigenvalue weighted by Gasteiger charge is 2.70. The number of imide groups is 1. The van der Waals surface area contributed by atoms with E-state index >= 15 is 0 Å². The minimum Gasteiger partial charge on any atom is -0.496 e. The van der Waals surface area contributed by atoms with Crippen molar-refractivity contribution >= 4 is 17.8 Å². The van der Waals surface area contributed by atoms with Crippen molar-refractivity contribution in [2.75, 3.05) is 7.11 Å². The number of rotatable bonds is 6. The Bertz CT molecular complexity index is 880. The first-order valence-corrected chi connectivity index (χ1v) is 11.4. The molecule has 2 N–H and O–H groups in total. The molecule has 1 saturated carbocycles. The fourth-order valence-corrected chi connectivity index (χ4v) is 6.04. The van der Waals surface area contributed by atoms with Crippen LogP contribution in [0, 0.1) is 17.8 Å². The van der Waals surface area contributed by atoms with Crippen LogP contribution < -0.4 is 10.1 Å². The normalized spacial score (nSPS) is 32.2. The number of carbonyl (C=O) groups is 3. The summed E-state index contributed by atoms with van der Waals surface area (Å²) in [7, 11) is 1.56. The number of aliphatic carboxylic acids is 1. The second-order valence-corrected chi connectivity index (χ2v) is 9.19. The van der Waals surface area contributed by atoms with Gasteiger partial charge in [-0.05, 0) is 24.8 Å². The molecule has 0 radical (unpaired) electrons. The lowest BCUT2D eigenvalue weighted by Gasteiger charge is -2.37. The number of hydrogen-bond donors (Lipinski definition) is 2. The summed E-state index contributed by atoms with van der Waals surface area (Å²) in [6, 6.07) is 6.61. The quantitative estimate of drug-likeness (QED) is 0.676. The number of amides is 2. The van der Waals surface area contributed by atoms with Crippen LogP contribution in [-0.2, 0) is 14.4 Å². The third kappa shape index (κ3) is 3.16. The van der Waals surface area contributed by atoms with E-state index in [0.717, 1.165) is 37.7 Å². The summed E-state index contributed by atoms with van der Waals surface area (Å²) in [5, 5.41) is 13.7. The number of methoxy groups -OCH3 is 1. The maximum atomic E-state index is 13.7. The van der Waals surface area contributed by atoms with Crippen molar-refractivity contribution in [2.24, 2.45) is 17.8 Å². The Kier molecular flexibility index (Phi) is 5.81. The molecule has 3 fully saturated rings. The molecule has 2 aliphatic heterocycles. The highest BCUT2D eigenvalue weighted by Crippen LogP contribution is 2.54. The lowest BCUT2D eigenvalue weighted by molar-refractivity contribution is -0.155. The van der Waals surface area contributed by atoms with Gasteiger partial charge < -0.3 is 9.84 Å². The van der Waals surface area contributed by atoms with Gasteiger partial charge in [-0.3, -0.25) is 24.6 Å². The van der Waals surface area contributed by atoms with Crippen LogP contribution in [0.1, 0.15) is 64.0 Å². The van der Waals surface area contributed by atoms with E-state index in [2.05, 4.69) is 5.32 Å². The van der Waals surface area contributed by atoms with Gasteiger partial charge in [-0.2, -0.15) is 0 Å². The second kappa shape index (κ2) is 8.26. The average molecular weight is 429 g/mol. The van der Waals surface area contributed by atoms with E-state index in [9.17, 15) is 19.5 Å². The molecule has 7 nitrogen and oxygen atoms in total. The van der Waals surface area contributed by atoms with Crippen molar-refractivity contribution in [3.8, 4) is 5.75 Å². The van der Waals surface area contributed by atoms with Crippen LogP contribution in [0.4, 0.5) is 0 Å². The van der Waals surface area contributed by atoms with Crippen LogP contribution >= 0.6 is 0 Å².